The van der Waals surface area contributed by atoms with E-state index in [0.29, 0.717) is 12.2 Å². The predicted molar refractivity (Wildman–Crippen MR) is 126 cm³/mol. The van der Waals surface area contributed by atoms with E-state index < -0.39 is 0 Å². The van der Waals surface area contributed by atoms with Crippen molar-refractivity contribution in [2.75, 3.05) is 6.79 Å². The van der Waals surface area contributed by atoms with Gasteiger partial charge < -0.3 is 14.8 Å². The van der Waals surface area contributed by atoms with Crippen molar-refractivity contribution in [2.45, 2.75) is 52.9 Å². The van der Waals surface area contributed by atoms with Gasteiger partial charge in [-0.1, -0.05) is 42.8 Å². The van der Waals surface area contributed by atoms with Gasteiger partial charge in [0.05, 0.1) is 6.54 Å². The van der Waals surface area contributed by atoms with Gasteiger partial charge in [0.1, 0.15) is 10.7 Å². The molecule has 0 saturated carbocycles. The number of thiazole rings is 1. The first-order valence-corrected chi connectivity index (χ1v) is 11.8. The molecule has 1 aromatic heterocycles. The number of nitrogens with zero attached hydrogens (tertiary/aromatic N) is 2. The SMILES string of the molecule is CCC(C)NC(=O)c1csc(CN(Cc2ccc(C)cc2)Cc2ccc3c(c2)OCO3)n1. The normalized spacial score (nSPS) is 13.4. The Bertz CT molecular complexity index is 1060. The summed E-state index contributed by atoms with van der Waals surface area (Å²) in [6, 6.07) is 14.8. The van der Waals surface area contributed by atoms with Crippen molar-refractivity contribution >= 4 is 17.2 Å². The van der Waals surface area contributed by atoms with E-state index >= 15 is 0 Å². The zero-order valence-corrected chi connectivity index (χ0v) is 19.6. The summed E-state index contributed by atoms with van der Waals surface area (Å²) in [5, 5.41) is 5.76. The molecule has 6 nitrogen and oxygen atoms in total. The molecule has 168 valence electrons. The first-order valence-electron chi connectivity index (χ1n) is 10.9. The first-order chi connectivity index (χ1) is 15.5. The highest BCUT2D eigenvalue weighted by Crippen LogP contribution is 2.33. The van der Waals surface area contributed by atoms with E-state index in [2.05, 4.69) is 59.4 Å². The maximum Gasteiger partial charge on any atom is 0.270 e. The van der Waals surface area contributed by atoms with Crippen molar-refractivity contribution < 1.29 is 14.3 Å². The second-order valence-corrected chi connectivity index (χ2v) is 9.17. The fraction of sp³-hybridized carbons (Fsp3) is 0.360. The van der Waals surface area contributed by atoms with Gasteiger partial charge in [0.25, 0.3) is 5.91 Å². The molecule has 0 bridgehead atoms. The van der Waals surface area contributed by atoms with Gasteiger partial charge in [0.15, 0.2) is 11.5 Å². The van der Waals surface area contributed by atoms with Crippen LogP contribution in [-0.4, -0.2) is 28.6 Å². The standard InChI is InChI=1S/C25H29N3O3S/c1-4-18(3)26-25(29)21-15-32-24(27-21)14-28(12-19-7-5-17(2)6-8-19)13-20-9-10-22-23(11-20)31-16-30-22/h5-11,15,18H,4,12-14,16H2,1-3H3,(H,26,29). The summed E-state index contributed by atoms with van der Waals surface area (Å²) < 4.78 is 11.0. The lowest BCUT2D eigenvalue weighted by Gasteiger charge is -2.22. The highest BCUT2D eigenvalue weighted by atomic mass is 32.1. The lowest BCUT2D eigenvalue weighted by atomic mass is 10.1. The fourth-order valence-electron chi connectivity index (χ4n) is 3.50. The molecule has 1 aliphatic rings. The van der Waals surface area contributed by atoms with Gasteiger partial charge >= 0.3 is 0 Å². The number of nitrogens with one attached hydrogen (secondary N) is 1. The molecule has 1 N–H and O–H groups in total. The van der Waals surface area contributed by atoms with Crippen LogP contribution in [0.25, 0.3) is 0 Å². The van der Waals surface area contributed by atoms with E-state index in [1.54, 1.807) is 0 Å². The van der Waals surface area contributed by atoms with Gasteiger partial charge in [0, 0.05) is 24.5 Å². The van der Waals surface area contributed by atoms with Gasteiger partial charge in [-0.05, 0) is 43.5 Å². The molecule has 2 aromatic carbocycles. The molecule has 1 amide bonds. The summed E-state index contributed by atoms with van der Waals surface area (Å²) in [6.45, 7) is 8.59. The quantitative estimate of drug-likeness (QED) is 0.501. The van der Waals surface area contributed by atoms with Crippen LogP contribution in [0, 0.1) is 6.92 Å². The van der Waals surface area contributed by atoms with E-state index in [0.717, 1.165) is 41.6 Å². The highest BCUT2D eigenvalue weighted by molar-refractivity contribution is 7.09. The number of carbonyl (C=O) groups excluding carboxylic acids is 1. The summed E-state index contributed by atoms with van der Waals surface area (Å²) in [6.07, 6.45) is 0.891. The number of carbonyl (C=O) groups is 1. The van der Waals surface area contributed by atoms with Crippen LogP contribution in [0.4, 0.5) is 0 Å². The zero-order valence-electron chi connectivity index (χ0n) is 18.8. The summed E-state index contributed by atoms with van der Waals surface area (Å²) in [5.74, 6) is 1.47. The molecule has 0 saturated heterocycles. The van der Waals surface area contributed by atoms with Crippen LogP contribution in [0.1, 0.15) is 52.5 Å². The highest BCUT2D eigenvalue weighted by Gasteiger charge is 2.18. The van der Waals surface area contributed by atoms with Crippen molar-refractivity contribution in [2.24, 2.45) is 0 Å². The molecular formula is C25H29N3O3S. The topological polar surface area (TPSA) is 63.7 Å². The molecule has 0 spiro atoms. The van der Waals surface area contributed by atoms with E-state index in [1.807, 2.05) is 24.4 Å². The number of fused-ring (bicyclic) bond motifs is 1. The van der Waals surface area contributed by atoms with Crippen LogP contribution in [0.3, 0.4) is 0 Å². The number of amides is 1. The van der Waals surface area contributed by atoms with Crippen LogP contribution in [0.2, 0.25) is 0 Å². The zero-order chi connectivity index (χ0) is 22.5. The van der Waals surface area contributed by atoms with Crippen LogP contribution >= 0.6 is 11.3 Å². The molecule has 4 rings (SSSR count). The number of hydrogen-bond donors (Lipinski definition) is 1. The van der Waals surface area contributed by atoms with Crippen LogP contribution in [0.15, 0.2) is 47.8 Å². The largest absolute Gasteiger partial charge is 0.454 e. The minimum atomic E-state index is -0.109. The molecule has 32 heavy (non-hydrogen) atoms. The lowest BCUT2D eigenvalue weighted by Crippen LogP contribution is -2.32. The summed E-state index contributed by atoms with van der Waals surface area (Å²) in [4.78, 5) is 19.4. The number of benzene rings is 2. The molecule has 0 radical (unpaired) electrons. The minimum Gasteiger partial charge on any atom is -0.454 e. The molecule has 1 aliphatic heterocycles. The molecule has 1 atom stereocenters. The summed E-state index contributed by atoms with van der Waals surface area (Å²) >= 11 is 1.53. The van der Waals surface area contributed by atoms with Crippen LogP contribution in [0.5, 0.6) is 11.5 Å². The molecule has 1 unspecified atom stereocenters. The van der Waals surface area contributed by atoms with Crippen LogP contribution < -0.4 is 14.8 Å². The first kappa shape index (κ1) is 22.3. The Morgan fingerprint density at radius 3 is 2.59 bits per heavy atom. The van der Waals surface area contributed by atoms with Crippen molar-refractivity contribution in [1.82, 2.24) is 15.2 Å². The van der Waals surface area contributed by atoms with E-state index in [4.69, 9.17) is 9.47 Å². The lowest BCUT2D eigenvalue weighted by molar-refractivity contribution is 0.0934. The fourth-order valence-corrected chi connectivity index (χ4v) is 4.31. The molecule has 2 heterocycles. The number of aryl methyl sites for hydroxylation is 1. The Morgan fingerprint density at radius 1 is 1.09 bits per heavy atom. The number of rotatable bonds is 9. The van der Waals surface area contributed by atoms with Crippen molar-refractivity contribution in [3.63, 3.8) is 0 Å². The maximum absolute atomic E-state index is 12.4. The number of ether oxygens (including phenoxy) is 2. The van der Waals surface area contributed by atoms with Gasteiger partial charge in [-0.2, -0.15) is 0 Å². The predicted octanol–water partition coefficient (Wildman–Crippen LogP) is 4.91. The summed E-state index contributed by atoms with van der Waals surface area (Å²) in [7, 11) is 0. The number of hydrogen-bond acceptors (Lipinski definition) is 6. The average molecular weight is 452 g/mol. The Hall–Kier alpha value is -2.90. The average Bonchev–Trinajstić information content (AvgIpc) is 3.44. The molecule has 0 fully saturated rings. The molecular weight excluding hydrogens is 422 g/mol. The van der Waals surface area contributed by atoms with E-state index in [-0.39, 0.29) is 18.7 Å². The molecule has 3 aromatic rings. The van der Waals surface area contributed by atoms with Gasteiger partial charge in [-0.3, -0.25) is 9.69 Å². The minimum absolute atomic E-state index is 0.109. The summed E-state index contributed by atoms with van der Waals surface area (Å²) in [5.41, 5.74) is 4.12. The third kappa shape index (κ3) is 5.66. The Balaban J connectivity index is 1.50. The van der Waals surface area contributed by atoms with Gasteiger partial charge in [0.2, 0.25) is 6.79 Å². The van der Waals surface area contributed by atoms with Crippen LogP contribution in [-0.2, 0) is 19.6 Å². The number of aromatic nitrogens is 1. The third-order valence-electron chi connectivity index (χ3n) is 5.50. The Kier molecular flexibility index (Phi) is 7.07. The third-order valence-corrected chi connectivity index (χ3v) is 6.34. The maximum atomic E-state index is 12.4. The van der Waals surface area contributed by atoms with Crippen molar-refractivity contribution in [1.29, 1.82) is 0 Å². The van der Waals surface area contributed by atoms with E-state index in [1.165, 1.54) is 22.5 Å². The van der Waals surface area contributed by atoms with E-state index in [9.17, 15) is 4.79 Å². The van der Waals surface area contributed by atoms with Crippen molar-refractivity contribution in [3.05, 3.63) is 75.2 Å². The smallest absolute Gasteiger partial charge is 0.270 e. The Labute approximate surface area is 193 Å². The van der Waals surface area contributed by atoms with Crippen molar-refractivity contribution in [3.8, 4) is 11.5 Å². The van der Waals surface area contributed by atoms with Gasteiger partial charge in [-0.15, -0.1) is 11.3 Å². The second kappa shape index (κ2) is 10.1. The Morgan fingerprint density at radius 2 is 1.81 bits per heavy atom. The van der Waals surface area contributed by atoms with Gasteiger partial charge in [-0.25, -0.2) is 4.98 Å². The molecule has 0 aliphatic carbocycles. The monoisotopic (exact) mass is 451 g/mol. The second-order valence-electron chi connectivity index (χ2n) is 8.23. The molecule has 7 heteroatoms.